The van der Waals surface area contributed by atoms with Crippen molar-refractivity contribution in [1.82, 2.24) is 20.4 Å². The zero-order chi connectivity index (χ0) is 17.2. The van der Waals surface area contributed by atoms with Crippen LogP contribution in [0.5, 0.6) is 0 Å². The van der Waals surface area contributed by atoms with Crippen molar-refractivity contribution in [3.8, 4) is 0 Å². The number of hydrogen-bond acceptors (Lipinski definition) is 5. The zero-order valence-corrected chi connectivity index (χ0v) is 13.9. The smallest absolute Gasteiger partial charge is 0.322 e. The summed E-state index contributed by atoms with van der Waals surface area (Å²) in [4.78, 5) is 38.9. The molecule has 3 rings (SSSR count). The summed E-state index contributed by atoms with van der Waals surface area (Å²) >= 11 is 0. The van der Waals surface area contributed by atoms with E-state index in [2.05, 4.69) is 15.5 Å². The van der Waals surface area contributed by atoms with Crippen molar-refractivity contribution in [3.63, 3.8) is 0 Å². The lowest BCUT2D eigenvalue weighted by atomic mass is 9.90. The number of nitrogens with zero attached hydrogens (tertiary/aromatic N) is 2. The SMILES string of the molecule is O=C1NC(=O)[C@H](CCC(=O)N2CCC(O)(CN3CCCC3)CC2)N1. The molecule has 3 fully saturated rings. The molecular weight excluding hydrogens is 312 g/mol. The predicted octanol–water partition coefficient (Wildman–Crippen LogP) is -0.576. The highest BCUT2D eigenvalue weighted by molar-refractivity contribution is 6.04. The Morgan fingerprint density at radius 3 is 2.42 bits per heavy atom. The lowest BCUT2D eigenvalue weighted by Crippen LogP contribution is -2.51. The Balaban J connectivity index is 1.41. The normalized spacial score (nSPS) is 27.2. The van der Waals surface area contributed by atoms with Gasteiger partial charge in [-0.05, 0) is 45.2 Å². The fourth-order valence-electron chi connectivity index (χ4n) is 3.78. The van der Waals surface area contributed by atoms with Crippen LogP contribution >= 0.6 is 0 Å². The lowest BCUT2D eigenvalue weighted by molar-refractivity contribution is -0.136. The molecule has 8 nitrogen and oxygen atoms in total. The molecule has 3 saturated heterocycles. The molecule has 0 spiro atoms. The maximum absolute atomic E-state index is 12.3. The molecule has 3 N–H and O–H groups in total. The number of imide groups is 1. The van der Waals surface area contributed by atoms with Crippen molar-refractivity contribution in [3.05, 3.63) is 0 Å². The van der Waals surface area contributed by atoms with E-state index in [4.69, 9.17) is 0 Å². The second kappa shape index (κ2) is 7.06. The van der Waals surface area contributed by atoms with Crippen LogP contribution in [0.1, 0.15) is 38.5 Å². The molecule has 0 aromatic carbocycles. The van der Waals surface area contributed by atoms with Crippen LogP contribution in [0.3, 0.4) is 0 Å². The van der Waals surface area contributed by atoms with Crippen LogP contribution in [0.25, 0.3) is 0 Å². The maximum atomic E-state index is 12.3. The predicted molar refractivity (Wildman–Crippen MR) is 86.1 cm³/mol. The van der Waals surface area contributed by atoms with Crippen molar-refractivity contribution >= 4 is 17.8 Å². The number of rotatable bonds is 5. The van der Waals surface area contributed by atoms with E-state index >= 15 is 0 Å². The summed E-state index contributed by atoms with van der Waals surface area (Å²) in [7, 11) is 0. The van der Waals surface area contributed by atoms with Gasteiger partial charge in [-0.15, -0.1) is 0 Å². The third-order valence-electron chi connectivity index (χ3n) is 5.27. The third-order valence-corrected chi connectivity index (χ3v) is 5.27. The summed E-state index contributed by atoms with van der Waals surface area (Å²) in [5, 5.41) is 15.4. The molecule has 0 bridgehead atoms. The van der Waals surface area contributed by atoms with Crippen molar-refractivity contribution in [2.24, 2.45) is 0 Å². The standard InChI is InChI=1S/C16H26N4O4/c21-13(4-3-12-14(22)18-15(23)17-12)20-9-5-16(24,6-10-20)11-19-7-1-2-8-19/h12,24H,1-11H2,(H2,17,18,22,23)/t12-/m0/s1. The van der Waals surface area contributed by atoms with E-state index in [1.54, 1.807) is 4.90 Å². The number of carbonyl (C=O) groups is 3. The van der Waals surface area contributed by atoms with Crippen LogP contribution in [0.4, 0.5) is 4.79 Å². The molecule has 1 atom stereocenters. The first-order valence-electron chi connectivity index (χ1n) is 8.79. The van der Waals surface area contributed by atoms with Gasteiger partial charge in [-0.3, -0.25) is 14.9 Å². The van der Waals surface area contributed by atoms with E-state index in [1.165, 1.54) is 12.8 Å². The molecule has 3 aliphatic heterocycles. The highest BCUT2D eigenvalue weighted by atomic mass is 16.3. The first-order valence-corrected chi connectivity index (χ1v) is 8.79. The van der Waals surface area contributed by atoms with Gasteiger partial charge < -0.3 is 20.2 Å². The van der Waals surface area contributed by atoms with Gasteiger partial charge in [-0.25, -0.2) is 4.79 Å². The van der Waals surface area contributed by atoms with Crippen LogP contribution < -0.4 is 10.6 Å². The average Bonchev–Trinajstić information content (AvgIpc) is 3.14. The molecule has 4 amide bonds. The number of piperidine rings is 1. The minimum Gasteiger partial charge on any atom is -0.388 e. The summed E-state index contributed by atoms with van der Waals surface area (Å²) in [5.74, 6) is -0.390. The van der Waals surface area contributed by atoms with Crippen molar-refractivity contribution < 1.29 is 19.5 Å². The van der Waals surface area contributed by atoms with Gasteiger partial charge in [0.15, 0.2) is 0 Å². The quantitative estimate of drug-likeness (QED) is 0.583. The van der Waals surface area contributed by atoms with Crippen molar-refractivity contribution in [1.29, 1.82) is 0 Å². The van der Waals surface area contributed by atoms with Gasteiger partial charge in [0, 0.05) is 26.1 Å². The molecule has 0 radical (unpaired) electrons. The summed E-state index contributed by atoms with van der Waals surface area (Å²) in [5.41, 5.74) is -0.694. The summed E-state index contributed by atoms with van der Waals surface area (Å²) in [6, 6.07) is -1.11. The molecule has 0 aliphatic carbocycles. The highest BCUT2D eigenvalue weighted by Crippen LogP contribution is 2.25. The Morgan fingerprint density at radius 1 is 1.17 bits per heavy atom. The summed E-state index contributed by atoms with van der Waals surface area (Å²) in [6.07, 6.45) is 4.12. The molecule has 3 aliphatic rings. The second-order valence-corrected chi connectivity index (χ2v) is 7.14. The molecule has 8 heteroatoms. The van der Waals surface area contributed by atoms with Gasteiger partial charge in [0.1, 0.15) is 6.04 Å². The highest BCUT2D eigenvalue weighted by Gasteiger charge is 2.36. The van der Waals surface area contributed by atoms with E-state index in [0.29, 0.717) is 38.9 Å². The molecule has 134 valence electrons. The molecule has 0 aromatic rings. The maximum Gasteiger partial charge on any atom is 0.322 e. The van der Waals surface area contributed by atoms with Crippen LogP contribution in [-0.2, 0) is 9.59 Å². The first-order chi connectivity index (χ1) is 11.5. The van der Waals surface area contributed by atoms with Crippen LogP contribution in [0, 0.1) is 0 Å². The van der Waals surface area contributed by atoms with Gasteiger partial charge in [0.25, 0.3) is 5.91 Å². The number of β-amino-alcohol motifs (C(OH)–C–C–N with tert-alkyl or cyclic N) is 1. The van der Waals surface area contributed by atoms with Crippen molar-refractivity contribution in [2.45, 2.75) is 50.2 Å². The van der Waals surface area contributed by atoms with E-state index in [1.807, 2.05) is 0 Å². The second-order valence-electron chi connectivity index (χ2n) is 7.14. The zero-order valence-electron chi connectivity index (χ0n) is 13.9. The first kappa shape index (κ1) is 17.2. The Morgan fingerprint density at radius 2 is 1.83 bits per heavy atom. The van der Waals surface area contributed by atoms with E-state index in [9.17, 15) is 19.5 Å². The number of aliphatic hydroxyl groups is 1. The van der Waals surface area contributed by atoms with Crippen molar-refractivity contribution in [2.75, 3.05) is 32.7 Å². The molecule has 24 heavy (non-hydrogen) atoms. The number of amides is 4. The van der Waals surface area contributed by atoms with Gasteiger partial charge in [-0.2, -0.15) is 0 Å². The van der Waals surface area contributed by atoms with Gasteiger partial charge in [-0.1, -0.05) is 0 Å². The summed E-state index contributed by atoms with van der Waals surface area (Å²) in [6.45, 7) is 3.91. The number of likely N-dealkylation sites (tertiary alicyclic amines) is 2. The number of urea groups is 1. The van der Waals surface area contributed by atoms with Gasteiger partial charge in [0.2, 0.25) is 5.91 Å². The molecular formula is C16H26N4O4. The monoisotopic (exact) mass is 338 g/mol. The fourth-order valence-corrected chi connectivity index (χ4v) is 3.78. The van der Waals surface area contributed by atoms with Crippen LogP contribution in [0.15, 0.2) is 0 Å². The Labute approximate surface area is 141 Å². The minimum absolute atomic E-state index is 0.0211. The lowest BCUT2D eigenvalue weighted by Gasteiger charge is -2.40. The summed E-state index contributed by atoms with van der Waals surface area (Å²) < 4.78 is 0. The van der Waals surface area contributed by atoms with E-state index < -0.39 is 17.7 Å². The Bertz CT molecular complexity index is 510. The topological polar surface area (TPSA) is 102 Å². The molecule has 0 saturated carbocycles. The number of carbonyl (C=O) groups excluding carboxylic acids is 3. The molecule has 0 unspecified atom stereocenters. The molecule has 3 heterocycles. The fraction of sp³-hybridized carbons (Fsp3) is 0.812. The number of hydrogen-bond donors (Lipinski definition) is 3. The van der Waals surface area contributed by atoms with Gasteiger partial charge in [0.05, 0.1) is 5.60 Å². The third kappa shape index (κ3) is 4.05. The Hall–Kier alpha value is -1.67. The average molecular weight is 338 g/mol. The minimum atomic E-state index is -0.694. The van der Waals surface area contributed by atoms with Crippen LogP contribution in [0.2, 0.25) is 0 Å². The molecule has 0 aromatic heterocycles. The van der Waals surface area contributed by atoms with Crippen LogP contribution in [-0.4, -0.2) is 77.1 Å². The van der Waals surface area contributed by atoms with E-state index in [0.717, 1.165) is 13.1 Å². The van der Waals surface area contributed by atoms with Gasteiger partial charge >= 0.3 is 6.03 Å². The Kier molecular flexibility index (Phi) is 5.05. The number of nitrogens with one attached hydrogen (secondary N) is 2. The largest absolute Gasteiger partial charge is 0.388 e. The van der Waals surface area contributed by atoms with E-state index in [-0.39, 0.29) is 18.2 Å².